The predicted octanol–water partition coefficient (Wildman–Crippen LogP) is 4.86. The number of allylic oxidation sites excluding steroid dienone is 2. The zero-order valence-corrected chi connectivity index (χ0v) is 14.2. The maximum atomic E-state index is 12.3. The van der Waals surface area contributed by atoms with Crippen molar-refractivity contribution in [2.75, 3.05) is 11.9 Å². The van der Waals surface area contributed by atoms with Gasteiger partial charge in [0, 0.05) is 18.2 Å². The van der Waals surface area contributed by atoms with Crippen LogP contribution >= 0.6 is 15.9 Å². The molecule has 0 radical (unpaired) electrons. The zero-order valence-electron chi connectivity index (χ0n) is 12.7. The molecule has 0 heterocycles. The summed E-state index contributed by atoms with van der Waals surface area (Å²) in [5.74, 6) is 1.61. The highest BCUT2D eigenvalue weighted by Crippen LogP contribution is 2.51. The van der Waals surface area contributed by atoms with Gasteiger partial charge in [0.1, 0.15) is 0 Å². The summed E-state index contributed by atoms with van der Waals surface area (Å²) in [5.41, 5.74) is 3.58. The Balaban J connectivity index is 1.82. The van der Waals surface area contributed by atoms with Gasteiger partial charge in [0.15, 0.2) is 5.78 Å². The summed E-state index contributed by atoms with van der Waals surface area (Å²) in [7, 11) is 0. The lowest BCUT2D eigenvalue weighted by Gasteiger charge is -2.14. The van der Waals surface area contributed by atoms with E-state index in [1.807, 2.05) is 0 Å². The molecule has 3 heteroatoms. The Morgan fingerprint density at radius 2 is 1.86 bits per heavy atom. The van der Waals surface area contributed by atoms with Gasteiger partial charge in [0.2, 0.25) is 0 Å². The van der Waals surface area contributed by atoms with Crippen molar-refractivity contribution < 1.29 is 4.79 Å². The first kappa shape index (κ1) is 14.8. The van der Waals surface area contributed by atoms with E-state index in [2.05, 4.69) is 59.4 Å². The third-order valence-electron chi connectivity index (χ3n) is 4.59. The van der Waals surface area contributed by atoms with Gasteiger partial charge in [0.05, 0.1) is 4.48 Å². The fourth-order valence-corrected chi connectivity index (χ4v) is 4.33. The van der Waals surface area contributed by atoms with E-state index in [1.54, 1.807) is 0 Å². The third kappa shape index (κ3) is 2.80. The standard InChI is InChI=1S/C18H22BrNO/c1-11(2)10-20-13-8-6-12(7-9-13)16-14-4-3-5-15(14)18(21)17(16)19/h6-9,11,14-15,20H,3-5,10H2,1-2H3. The van der Waals surface area contributed by atoms with Crippen molar-refractivity contribution in [1.29, 1.82) is 0 Å². The molecule has 1 N–H and O–H groups in total. The molecule has 1 aromatic rings. The van der Waals surface area contributed by atoms with E-state index < -0.39 is 0 Å². The molecular weight excluding hydrogens is 326 g/mol. The highest BCUT2D eigenvalue weighted by molar-refractivity contribution is 9.12. The fourth-order valence-electron chi connectivity index (χ4n) is 3.51. The van der Waals surface area contributed by atoms with Crippen molar-refractivity contribution >= 4 is 33.0 Å². The SMILES string of the molecule is CC(C)CNc1ccc(C2=C(Br)C(=O)C3CCCC23)cc1. The van der Waals surface area contributed by atoms with Gasteiger partial charge >= 0.3 is 0 Å². The Morgan fingerprint density at radius 1 is 1.19 bits per heavy atom. The van der Waals surface area contributed by atoms with E-state index in [0.29, 0.717) is 17.6 Å². The van der Waals surface area contributed by atoms with Crippen LogP contribution in [0.3, 0.4) is 0 Å². The normalized spacial score (nSPS) is 24.9. The molecule has 112 valence electrons. The summed E-state index contributed by atoms with van der Waals surface area (Å²) in [6.07, 6.45) is 3.38. The van der Waals surface area contributed by atoms with Gasteiger partial charge in [-0.1, -0.05) is 32.4 Å². The number of anilines is 1. The van der Waals surface area contributed by atoms with Gasteiger partial charge in [-0.3, -0.25) is 4.79 Å². The second-order valence-electron chi connectivity index (χ2n) is 6.59. The molecule has 0 bridgehead atoms. The summed E-state index contributed by atoms with van der Waals surface area (Å²) in [4.78, 5) is 12.3. The molecule has 2 unspecified atom stereocenters. The van der Waals surface area contributed by atoms with Crippen molar-refractivity contribution in [3.63, 3.8) is 0 Å². The van der Waals surface area contributed by atoms with Crippen LogP contribution in [-0.2, 0) is 4.79 Å². The van der Waals surface area contributed by atoms with E-state index in [-0.39, 0.29) is 5.92 Å². The molecule has 1 saturated carbocycles. The average Bonchev–Trinajstić information content (AvgIpc) is 3.02. The lowest BCUT2D eigenvalue weighted by Crippen LogP contribution is -2.10. The lowest BCUT2D eigenvalue weighted by molar-refractivity contribution is -0.118. The van der Waals surface area contributed by atoms with E-state index >= 15 is 0 Å². The van der Waals surface area contributed by atoms with Crippen LogP contribution in [0, 0.1) is 17.8 Å². The summed E-state index contributed by atoms with van der Waals surface area (Å²) >= 11 is 3.55. The Bertz CT molecular complexity index is 573. The molecular formula is C18H22BrNO. The molecule has 21 heavy (non-hydrogen) atoms. The topological polar surface area (TPSA) is 29.1 Å². The summed E-state index contributed by atoms with van der Waals surface area (Å²) in [5, 5.41) is 3.43. The number of nitrogens with one attached hydrogen (secondary N) is 1. The molecule has 0 amide bonds. The highest BCUT2D eigenvalue weighted by Gasteiger charge is 2.43. The molecule has 0 aromatic heterocycles. The maximum absolute atomic E-state index is 12.3. The Labute approximate surface area is 135 Å². The number of benzene rings is 1. The number of hydrogen-bond acceptors (Lipinski definition) is 2. The zero-order chi connectivity index (χ0) is 15.0. The maximum Gasteiger partial charge on any atom is 0.173 e. The van der Waals surface area contributed by atoms with Gasteiger partial charge in [-0.15, -0.1) is 0 Å². The van der Waals surface area contributed by atoms with Gasteiger partial charge < -0.3 is 5.32 Å². The van der Waals surface area contributed by atoms with Crippen LogP contribution in [0.1, 0.15) is 38.7 Å². The van der Waals surface area contributed by atoms with Crippen LogP contribution in [0.4, 0.5) is 5.69 Å². The molecule has 3 rings (SSSR count). The highest BCUT2D eigenvalue weighted by atomic mass is 79.9. The summed E-state index contributed by atoms with van der Waals surface area (Å²) < 4.78 is 0.820. The first-order valence-corrected chi connectivity index (χ1v) is 8.65. The van der Waals surface area contributed by atoms with Crippen LogP contribution in [0.2, 0.25) is 0 Å². The number of carbonyl (C=O) groups excluding carboxylic acids is 1. The summed E-state index contributed by atoms with van der Waals surface area (Å²) in [6.45, 7) is 5.39. The fraction of sp³-hybridized carbons (Fsp3) is 0.500. The van der Waals surface area contributed by atoms with Gasteiger partial charge in [-0.05, 0) is 63.9 Å². The van der Waals surface area contributed by atoms with E-state index in [0.717, 1.165) is 29.6 Å². The minimum atomic E-state index is 0.230. The van der Waals surface area contributed by atoms with Crippen molar-refractivity contribution in [1.82, 2.24) is 0 Å². The second-order valence-corrected chi connectivity index (χ2v) is 7.38. The average molecular weight is 348 g/mol. The quantitative estimate of drug-likeness (QED) is 0.842. The predicted molar refractivity (Wildman–Crippen MR) is 91.5 cm³/mol. The molecule has 2 aliphatic carbocycles. The van der Waals surface area contributed by atoms with Crippen LogP contribution in [-0.4, -0.2) is 12.3 Å². The lowest BCUT2D eigenvalue weighted by atomic mass is 9.90. The molecule has 0 spiro atoms. The molecule has 2 nitrogen and oxygen atoms in total. The van der Waals surface area contributed by atoms with Crippen LogP contribution in [0.25, 0.3) is 5.57 Å². The van der Waals surface area contributed by atoms with Crippen molar-refractivity contribution in [2.45, 2.75) is 33.1 Å². The molecule has 0 aliphatic heterocycles. The van der Waals surface area contributed by atoms with Crippen LogP contribution in [0.5, 0.6) is 0 Å². The number of halogens is 1. The smallest absolute Gasteiger partial charge is 0.173 e. The Morgan fingerprint density at radius 3 is 2.52 bits per heavy atom. The monoisotopic (exact) mass is 347 g/mol. The van der Waals surface area contributed by atoms with E-state index in [4.69, 9.17) is 0 Å². The van der Waals surface area contributed by atoms with Crippen LogP contribution < -0.4 is 5.32 Å². The summed E-state index contributed by atoms with van der Waals surface area (Å²) in [6, 6.07) is 8.54. The number of Topliss-reactive ketones (excluding diaryl/α,β-unsaturated/α-hetero) is 1. The molecule has 1 aromatic carbocycles. The first-order chi connectivity index (χ1) is 10.1. The minimum Gasteiger partial charge on any atom is -0.385 e. The number of ketones is 1. The van der Waals surface area contributed by atoms with Crippen molar-refractivity contribution in [3.05, 3.63) is 34.3 Å². The second kappa shape index (κ2) is 5.96. The molecule has 2 aliphatic rings. The van der Waals surface area contributed by atoms with Crippen molar-refractivity contribution in [2.24, 2.45) is 17.8 Å². The largest absolute Gasteiger partial charge is 0.385 e. The number of rotatable bonds is 4. The Kier molecular flexibility index (Phi) is 4.21. The Hall–Kier alpha value is -1.09. The van der Waals surface area contributed by atoms with Gasteiger partial charge in [-0.2, -0.15) is 0 Å². The number of hydrogen-bond donors (Lipinski definition) is 1. The van der Waals surface area contributed by atoms with E-state index in [9.17, 15) is 4.79 Å². The number of fused-ring (bicyclic) bond motifs is 1. The third-order valence-corrected chi connectivity index (χ3v) is 5.40. The molecule has 0 saturated heterocycles. The van der Waals surface area contributed by atoms with Gasteiger partial charge in [0.25, 0.3) is 0 Å². The van der Waals surface area contributed by atoms with E-state index in [1.165, 1.54) is 17.6 Å². The van der Waals surface area contributed by atoms with Crippen LogP contribution in [0.15, 0.2) is 28.7 Å². The van der Waals surface area contributed by atoms with Crippen molar-refractivity contribution in [3.8, 4) is 0 Å². The molecule has 2 atom stereocenters. The first-order valence-electron chi connectivity index (χ1n) is 7.86. The minimum absolute atomic E-state index is 0.230. The van der Waals surface area contributed by atoms with Gasteiger partial charge in [-0.25, -0.2) is 0 Å². The number of carbonyl (C=O) groups is 1. The molecule has 1 fully saturated rings.